The molecule has 1 heterocycles. The molecule has 2 aromatic carbocycles. The Balaban J connectivity index is 0.00000385. The molecule has 0 aliphatic rings. The van der Waals surface area contributed by atoms with Gasteiger partial charge < -0.3 is 24.7 Å². The number of nitrogens with zero attached hydrogens (tertiary/aromatic N) is 4. The molecule has 9 heteroatoms. The third kappa shape index (κ3) is 8.23. The predicted molar refractivity (Wildman–Crippen MR) is 141 cm³/mol. The fraction of sp³-hybridized carbons (Fsp3) is 0.375. The highest BCUT2D eigenvalue weighted by molar-refractivity contribution is 14.0. The number of benzene rings is 2. The molecule has 0 bridgehead atoms. The standard InChI is InChI=1S/C24H32N6O2.HI/c1-17-7-6-8-22(13-17)32-18(2)14-25-24(27-16-23-29-28-19(3)30(23)4)26-15-20-9-11-21(31-5)12-10-20;/h6-13,18H,14-16H2,1-5H3,(H2,25,26,27);1H. The molecule has 0 amide bonds. The van der Waals surface area contributed by atoms with Gasteiger partial charge in [0.2, 0.25) is 0 Å². The molecule has 33 heavy (non-hydrogen) atoms. The Labute approximate surface area is 212 Å². The summed E-state index contributed by atoms with van der Waals surface area (Å²) >= 11 is 0. The van der Waals surface area contributed by atoms with Crippen molar-refractivity contribution in [3.63, 3.8) is 0 Å². The van der Waals surface area contributed by atoms with E-state index in [1.54, 1.807) is 7.11 Å². The topological polar surface area (TPSA) is 85.6 Å². The molecule has 1 atom stereocenters. The van der Waals surface area contributed by atoms with Gasteiger partial charge in [-0.2, -0.15) is 0 Å². The molecule has 0 aliphatic heterocycles. The van der Waals surface area contributed by atoms with Crippen LogP contribution in [0.1, 0.15) is 29.7 Å². The summed E-state index contributed by atoms with van der Waals surface area (Å²) in [5.74, 6) is 4.07. The Hall–Kier alpha value is -2.82. The maximum absolute atomic E-state index is 6.03. The summed E-state index contributed by atoms with van der Waals surface area (Å²) in [4.78, 5) is 4.73. The van der Waals surface area contributed by atoms with Crippen LogP contribution in [0.2, 0.25) is 0 Å². The minimum atomic E-state index is -0.0399. The van der Waals surface area contributed by atoms with Gasteiger partial charge in [0.05, 0.1) is 26.7 Å². The van der Waals surface area contributed by atoms with Gasteiger partial charge in [-0.1, -0.05) is 24.3 Å². The summed E-state index contributed by atoms with van der Waals surface area (Å²) in [5.41, 5.74) is 2.26. The number of aryl methyl sites for hydroxylation is 2. The van der Waals surface area contributed by atoms with E-state index in [2.05, 4.69) is 33.8 Å². The Bertz CT molecular complexity index is 1040. The summed E-state index contributed by atoms with van der Waals surface area (Å²) < 4.78 is 13.2. The Morgan fingerprint density at radius 3 is 2.45 bits per heavy atom. The zero-order valence-electron chi connectivity index (χ0n) is 19.8. The molecule has 0 spiro atoms. The van der Waals surface area contributed by atoms with Crippen molar-refractivity contribution in [2.75, 3.05) is 13.7 Å². The van der Waals surface area contributed by atoms with Gasteiger partial charge in [-0.15, -0.1) is 34.2 Å². The van der Waals surface area contributed by atoms with Crippen LogP contribution in [0.4, 0.5) is 0 Å². The van der Waals surface area contributed by atoms with Crippen LogP contribution in [0.25, 0.3) is 0 Å². The van der Waals surface area contributed by atoms with E-state index in [1.165, 1.54) is 5.56 Å². The monoisotopic (exact) mass is 564 g/mol. The number of nitrogens with one attached hydrogen (secondary N) is 2. The van der Waals surface area contributed by atoms with Crippen molar-refractivity contribution in [3.05, 3.63) is 71.3 Å². The number of aromatic nitrogens is 3. The highest BCUT2D eigenvalue weighted by Crippen LogP contribution is 2.14. The van der Waals surface area contributed by atoms with E-state index >= 15 is 0 Å². The van der Waals surface area contributed by atoms with Crippen LogP contribution < -0.4 is 20.1 Å². The normalized spacial score (nSPS) is 12.0. The lowest BCUT2D eigenvalue weighted by molar-refractivity contribution is 0.223. The van der Waals surface area contributed by atoms with Crippen LogP contribution in [0.5, 0.6) is 11.5 Å². The predicted octanol–water partition coefficient (Wildman–Crippen LogP) is 3.76. The molecule has 1 unspecified atom stereocenters. The molecular formula is C24H33IN6O2. The summed E-state index contributed by atoms with van der Waals surface area (Å²) in [5, 5.41) is 15.0. The van der Waals surface area contributed by atoms with Crippen LogP contribution >= 0.6 is 24.0 Å². The SMILES string of the molecule is COc1ccc(CN=C(NCc2nnc(C)n2C)NCC(C)Oc2cccc(C)c2)cc1.I. The number of methoxy groups -OCH3 is 1. The average Bonchev–Trinajstić information content (AvgIpc) is 3.11. The zero-order valence-corrected chi connectivity index (χ0v) is 22.2. The van der Waals surface area contributed by atoms with E-state index in [0.29, 0.717) is 25.6 Å². The lowest BCUT2D eigenvalue weighted by atomic mass is 10.2. The molecule has 178 valence electrons. The second-order valence-electron chi connectivity index (χ2n) is 7.71. The van der Waals surface area contributed by atoms with Gasteiger partial charge in [-0.25, -0.2) is 4.99 Å². The van der Waals surface area contributed by atoms with Crippen LogP contribution in [-0.2, 0) is 20.1 Å². The molecule has 3 aromatic rings. The van der Waals surface area contributed by atoms with Crippen molar-refractivity contribution in [3.8, 4) is 11.5 Å². The van der Waals surface area contributed by atoms with Crippen LogP contribution in [0.3, 0.4) is 0 Å². The van der Waals surface area contributed by atoms with Gasteiger partial charge in [-0.05, 0) is 56.2 Å². The van der Waals surface area contributed by atoms with Crippen molar-refractivity contribution < 1.29 is 9.47 Å². The molecule has 0 saturated heterocycles. The maximum Gasteiger partial charge on any atom is 0.192 e. The molecule has 0 saturated carbocycles. The number of hydrogen-bond acceptors (Lipinski definition) is 5. The number of hydrogen-bond donors (Lipinski definition) is 2. The largest absolute Gasteiger partial charge is 0.497 e. The first-order valence-corrected chi connectivity index (χ1v) is 10.7. The van der Waals surface area contributed by atoms with E-state index in [4.69, 9.17) is 14.5 Å². The highest BCUT2D eigenvalue weighted by atomic mass is 127. The Kier molecular flexibility index (Phi) is 10.4. The molecular weight excluding hydrogens is 531 g/mol. The molecule has 2 N–H and O–H groups in total. The summed E-state index contributed by atoms with van der Waals surface area (Å²) in [7, 11) is 3.61. The third-order valence-corrected chi connectivity index (χ3v) is 5.06. The van der Waals surface area contributed by atoms with Gasteiger partial charge in [0, 0.05) is 7.05 Å². The summed E-state index contributed by atoms with van der Waals surface area (Å²) in [6.45, 7) is 7.65. The smallest absolute Gasteiger partial charge is 0.192 e. The highest BCUT2D eigenvalue weighted by Gasteiger charge is 2.09. The zero-order chi connectivity index (χ0) is 22.9. The minimum Gasteiger partial charge on any atom is -0.497 e. The van der Waals surface area contributed by atoms with Crippen molar-refractivity contribution in [1.29, 1.82) is 0 Å². The maximum atomic E-state index is 6.03. The van der Waals surface area contributed by atoms with Gasteiger partial charge in [0.25, 0.3) is 0 Å². The van der Waals surface area contributed by atoms with E-state index in [1.807, 2.05) is 67.9 Å². The summed E-state index contributed by atoms with van der Waals surface area (Å²) in [6, 6.07) is 15.9. The van der Waals surface area contributed by atoms with Crippen LogP contribution in [0, 0.1) is 13.8 Å². The van der Waals surface area contributed by atoms with Crippen molar-refractivity contribution in [2.45, 2.75) is 40.0 Å². The van der Waals surface area contributed by atoms with Crippen molar-refractivity contribution in [2.24, 2.45) is 12.0 Å². The fourth-order valence-electron chi connectivity index (χ4n) is 3.05. The number of rotatable bonds is 9. The van der Waals surface area contributed by atoms with E-state index < -0.39 is 0 Å². The fourth-order valence-corrected chi connectivity index (χ4v) is 3.05. The van der Waals surface area contributed by atoms with E-state index in [9.17, 15) is 0 Å². The number of guanidine groups is 1. The first-order chi connectivity index (χ1) is 15.4. The van der Waals surface area contributed by atoms with Gasteiger partial charge >= 0.3 is 0 Å². The molecule has 1 aromatic heterocycles. The Morgan fingerprint density at radius 1 is 1.06 bits per heavy atom. The first kappa shape index (κ1) is 26.4. The lowest BCUT2D eigenvalue weighted by Gasteiger charge is -2.18. The molecule has 0 fully saturated rings. The van der Waals surface area contributed by atoms with Gasteiger partial charge in [0.1, 0.15) is 23.4 Å². The molecule has 0 radical (unpaired) electrons. The number of halogens is 1. The number of ether oxygens (including phenoxy) is 2. The van der Waals surface area contributed by atoms with Gasteiger partial charge in [-0.3, -0.25) is 0 Å². The molecule has 3 rings (SSSR count). The quantitative estimate of drug-likeness (QED) is 0.234. The van der Waals surface area contributed by atoms with Crippen LogP contribution in [-0.4, -0.2) is 40.5 Å². The average molecular weight is 564 g/mol. The second-order valence-corrected chi connectivity index (χ2v) is 7.71. The molecule has 8 nitrogen and oxygen atoms in total. The minimum absolute atomic E-state index is 0. The molecule has 0 aliphatic carbocycles. The van der Waals surface area contributed by atoms with E-state index in [-0.39, 0.29) is 30.1 Å². The summed E-state index contributed by atoms with van der Waals surface area (Å²) in [6.07, 6.45) is -0.0399. The second kappa shape index (κ2) is 13.0. The van der Waals surface area contributed by atoms with Crippen molar-refractivity contribution >= 4 is 29.9 Å². The first-order valence-electron chi connectivity index (χ1n) is 10.7. The third-order valence-electron chi connectivity index (χ3n) is 5.06. The van der Waals surface area contributed by atoms with Gasteiger partial charge in [0.15, 0.2) is 11.8 Å². The van der Waals surface area contributed by atoms with Crippen LogP contribution in [0.15, 0.2) is 53.5 Å². The Morgan fingerprint density at radius 2 is 1.82 bits per heavy atom. The van der Waals surface area contributed by atoms with E-state index in [0.717, 1.165) is 28.7 Å². The van der Waals surface area contributed by atoms with Crippen molar-refractivity contribution in [1.82, 2.24) is 25.4 Å². The lowest BCUT2D eigenvalue weighted by Crippen LogP contribution is -2.42. The number of aliphatic imine (C=N–C) groups is 1.